The molecule has 0 saturated carbocycles. The molecule has 5 nitrogen and oxygen atoms in total. The summed E-state index contributed by atoms with van der Waals surface area (Å²) in [5.41, 5.74) is 6.56. The number of primary sulfonamides is 1. The van der Waals surface area contributed by atoms with Crippen molar-refractivity contribution in [3.8, 4) is 0 Å². The van der Waals surface area contributed by atoms with Crippen molar-refractivity contribution in [1.29, 1.82) is 0 Å². The van der Waals surface area contributed by atoms with E-state index in [9.17, 15) is 8.42 Å². The fraction of sp³-hybridized carbons (Fsp3) is 0.0909. The average Bonchev–Trinajstić information content (AvgIpc) is 2.70. The van der Waals surface area contributed by atoms with E-state index >= 15 is 0 Å². The van der Waals surface area contributed by atoms with Crippen LogP contribution >= 0.6 is 27.3 Å². The summed E-state index contributed by atoms with van der Waals surface area (Å²) in [6.07, 6.45) is 0. The van der Waals surface area contributed by atoms with Gasteiger partial charge in [-0.25, -0.2) is 13.6 Å². The number of nitrogens with one attached hydrogen (secondary N) is 1. The van der Waals surface area contributed by atoms with Gasteiger partial charge in [-0.2, -0.15) is 0 Å². The lowest BCUT2D eigenvalue weighted by atomic mass is 10.3. The molecule has 0 fully saturated rings. The van der Waals surface area contributed by atoms with Crippen molar-refractivity contribution in [1.82, 2.24) is 0 Å². The molecular formula is C11H12BrN3O2S2. The maximum atomic E-state index is 11.2. The van der Waals surface area contributed by atoms with Gasteiger partial charge >= 0.3 is 0 Å². The van der Waals surface area contributed by atoms with Crippen LogP contribution in [0.15, 0.2) is 39.0 Å². The highest BCUT2D eigenvalue weighted by molar-refractivity contribution is 9.10. The van der Waals surface area contributed by atoms with E-state index in [-0.39, 0.29) is 10.6 Å². The lowest BCUT2D eigenvalue weighted by Crippen LogP contribution is -2.14. The Morgan fingerprint density at radius 3 is 2.58 bits per heavy atom. The molecule has 102 valence electrons. The predicted molar refractivity (Wildman–Crippen MR) is 81.6 cm³/mol. The number of thiophene rings is 1. The van der Waals surface area contributed by atoms with Gasteiger partial charge in [-0.15, -0.1) is 11.3 Å². The summed E-state index contributed by atoms with van der Waals surface area (Å²) in [5.74, 6) is 0. The molecule has 0 amide bonds. The van der Waals surface area contributed by atoms with Crippen molar-refractivity contribution in [2.24, 2.45) is 5.14 Å². The molecule has 1 aromatic carbocycles. The molecule has 0 bridgehead atoms. The maximum absolute atomic E-state index is 11.2. The van der Waals surface area contributed by atoms with Gasteiger partial charge in [0.15, 0.2) is 0 Å². The van der Waals surface area contributed by atoms with Gasteiger partial charge in [0.2, 0.25) is 10.0 Å². The van der Waals surface area contributed by atoms with Gasteiger partial charge in [-0.3, -0.25) is 0 Å². The van der Waals surface area contributed by atoms with Crippen LogP contribution < -0.4 is 16.2 Å². The van der Waals surface area contributed by atoms with Crippen molar-refractivity contribution in [2.45, 2.75) is 11.4 Å². The first kappa shape index (κ1) is 14.3. The number of halogens is 1. The first-order valence-corrected chi connectivity index (χ1v) is 8.48. The first-order chi connectivity index (χ1) is 8.88. The van der Waals surface area contributed by atoms with E-state index in [1.54, 1.807) is 23.5 Å². The molecule has 8 heteroatoms. The highest BCUT2D eigenvalue weighted by atomic mass is 79.9. The topological polar surface area (TPSA) is 98.2 Å². The number of anilines is 2. The number of nitrogen functional groups attached to an aromatic ring is 1. The van der Waals surface area contributed by atoms with Crippen LogP contribution in [0.2, 0.25) is 0 Å². The van der Waals surface area contributed by atoms with E-state index in [4.69, 9.17) is 10.9 Å². The summed E-state index contributed by atoms with van der Waals surface area (Å²) in [6, 6.07) is 6.56. The Balaban J connectivity index is 2.15. The number of nitrogens with two attached hydrogens (primary N) is 2. The Bertz CT molecular complexity index is 698. The van der Waals surface area contributed by atoms with Gasteiger partial charge in [0, 0.05) is 15.0 Å². The van der Waals surface area contributed by atoms with Crippen LogP contribution in [-0.4, -0.2) is 8.42 Å². The molecule has 5 N–H and O–H groups in total. The fourth-order valence-corrected chi connectivity index (χ4v) is 3.63. The second-order valence-electron chi connectivity index (χ2n) is 3.84. The lowest BCUT2D eigenvalue weighted by Gasteiger charge is -2.09. The van der Waals surface area contributed by atoms with E-state index in [2.05, 4.69) is 21.2 Å². The zero-order valence-electron chi connectivity index (χ0n) is 9.76. The van der Waals surface area contributed by atoms with Crippen LogP contribution in [0.5, 0.6) is 0 Å². The van der Waals surface area contributed by atoms with Gasteiger partial charge in [0.05, 0.1) is 12.2 Å². The van der Waals surface area contributed by atoms with Gasteiger partial charge in [0.25, 0.3) is 0 Å². The van der Waals surface area contributed by atoms with Crippen molar-refractivity contribution < 1.29 is 8.42 Å². The SMILES string of the molecule is Nc1cc(NCc2sccc2Br)ccc1S(N)(=O)=O. The third-order valence-corrected chi connectivity index (χ3v) is 5.37. The van der Waals surface area contributed by atoms with Crippen LogP contribution in [0, 0.1) is 0 Å². The molecule has 0 spiro atoms. The van der Waals surface area contributed by atoms with Crippen LogP contribution in [-0.2, 0) is 16.6 Å². The van der Waals surface area contributed by atoms with E-state index in [1.165, 1.54) is 6.07 Å². The van der Waals surface area contributed by atoms with E-state index in [0.717, 1.165) is 15.0 Å². The molecule has 19 heavy (non-hydrogen) atoms. The van der Waals surface area contributed by atoms with Crippen molar-refractivity contribution in [3.05, 3.63) is 39.0 Å². The lowest BCUT2D eigenvalue weighted by molar-refractivity contribution is 0.598. The molecule has 1 aromatic heterocycles. The highest BCUT2D eigenvalue weighted by Crippen LogP contribution is 2.25. The molecule has 0 aliphatic rings. The van der Waals surface area contributed by atoms with Gasteiger partial charge < -0.3 is 11.1 Å². The molecule has 0 radical (unpaired) electrons. The Hall–Kier alpha value is -1.09. The quantitative estimate of drug-likeness (QED) is 0.727. The third-order valence-electron chi connectivity index (χ3n) is 2.46. The zero-order chi connectivity index (χ0) is 14.0. The predicted octanol–water partition coefficient (Wildman–Crippen LogP) is 2.35. The number of hydrogen-bond acceptors (Lipinski definition) is 5. The molecule has 1 heterocycles. The van der Waals surface area contributed by atoms with Crippen molar-refractivity contribution in [3.63, 3.8) is 0 Å². The molecule has 0 saturated heterocycles. The normalized spacial score (nSPS) is 11.5. The van der Waals surface area contributed by atoms with E-state index in [0.29, 0.717) is 6.54 Å². The van der Waals surface area contributed by atoms with E-state index < -0.39 is 10.0 Å². The molecule has 0 unspecified atom stereocenters. The number of rotatable bonds is 4. The summed E-state index contributed by atoms with van der Waals surface area (Å²) in [5, 5.41) is 10.2. The van der Waals surface area contributed by atoms with Crippen molar-refractivity contribution >= 4 is 48.7 Å². The van der Waals surface area contributed by atoms with Gasteiger partial charge in [0.1, 0.15) is 4.90 Å². The Morgan fingerprint density at radius 1 is 1.32 bits per heavy atom. The smallest absolute Gasteiger partial charge is 0.240 e. The molecule has 0 aliphatic carbocycles. The number of sulfonamides is 1. The third kappa shape index (κ3) is 3.47. The second kappa shape index (κ2) is 5.49. The minimum atomic E-state index is -3.77. The zero-order valence-corrected chi connectivity index (χ0v) is 13.0. The number of benzene rings is 1. The summed E-state index contributed by atoms with van der Waals surface area (Å²) in [7, 11) is -3.77. The Kier molecular flexibility index (Phi) is 4.14. The molecule has 0 atom stereocenters. The second-order valence-corrected chi connectivity index (χ2v) is 7.23. The highest BCUT2D eigenvalue weighted by Gasteiger charge is 2.12. The van der Waals surface area contributed by atoms with Gasteiger partial charge in [-0.05, 0) is 45.6 Å². The Labute approximate surface area is 123 Å². The first-order valence-electron chi connectivity index (χ1n) is 5.26. The minimum Gasteiger partial charge on any atom is -0.398 e. The van der Waals surface area contributed by atoms with Crippen molar-refractivity contribution in [2.75, 3.05) is 11.1 Å². The van der Waals surface area contributed by atoms with Crippen LogP contribution in [0.25, 0.3) is 0 Å². The molecule has 2 rings (SSSR count). The standard InChI is InChI=1S/C11H12BrN3O2S2/c12-8-3-4-18-10(8)6-15-7-1-2-11(9(13)5-7)19(14,16)17/h1-5,15H,6,13H2,(H2,14,16,17). The summed E-state index contributed by atoms with van der Waals surface area (Å²) < 4.78 is 23.5. The fourth-order valence-electron chi connectivity index (χ4n) is 1.55. The van der Waals surface area contributed by atoms with Crippen LogP contribution in [0.1, 0.15) is 4.88 Å². The van der Waals surface area contributed by atoms with Gasteiger partial charge in [-0.1, -0.05) is 0 Å². The Morgan fingerprint density at radius 2 is 2.05 bits per heavy atom. The van der Waals surface area contributed by atoms with Crippen LogP contribution in [0.4, 0.5) is 11.4 Å². The van der Waals surface area contributed by atoms with E-state index in [1.807, 2.05) is 11.4 Å². The maximum Gasteiger partial charge on any atom is 0.240 e. The summed E-state index contributed by atoms with van der Waals surface area (Å²) in [6.45, 7) is 0.631. The number of hydrogen-bond donors (Lipinski definition) is 3. The monoisotopic (exact) mass is 361 g/mol. The molecule has 2 aromatic rings. The molecular weight excluding hydrogens is 350 g/mol. The minimum absolute atomic E-state index is 0.0599. The molecule has 0 aliphatic heterocycles. The van der Waals surface area contributed by atoms with Crippen LogP contribution in [0.3, 0.4) is 0 Å². The largest absolute Gasteiger partial charge is 0.398 e. The average molecular weight is 362 g/mol. The summed E-state index contributed by atoms with van der Waals surface area (Å²) >= 11 is 5.07. The summed E-state index contributed by atoms with van der Waals surface area (Å²) in [4.78, 5) is 1.09.